The fourth-order valence-corrected chi connectivity index (χ4v) is 5.19. The Morgan fingerprint density at radius 3 is 2.68 bits per heavy atom. The summed E-state index contributed by atoms with van der Waals surface area (Å²) in [6.07, 6.45) is 3.52. The molecule has 2 aromatic rings. The average molecular weight is 443 g/mol. The van der Waals surface area contributed by atoms with Gasteiger partial charge in [-0.2, -0.15) is 0 Å². The molecule has 6 heteroatoms. The van der Waals surface area contributed by atoms with E-state index in [-0.39, 0.29) is 5.78 Å². The van der Waals surface area contributed by atoms with Crippen molar-refractivity contribution < 1.29 is 9.53 Å². The zero-order valence-corrected chi connectivity index (χ0v) is 18.5. The Labute approximate surface area is 163 Å². The van der Waals surface area contributed by atoms with Crippen LogP contribution in [0.25, 0.3) is 10.9 Å². The lowest BCUT2D eigenvalue weighted by atomic mass is 10.1. The monoisotopic (exact) mass is 441 g/mol. The summed E-state index contributed by atoms with van der Waals surface area (Å²) in [5.74, 6) is 0.229. The molecule has 3 rings (SSSR count). The summed E-state index contributed by atoms with van der Waals surface area (Å²) in [4.78, 5) is 12.7. The smallest absolute Gasteiger partial charge is 0.165 e. The first-order valence-electron chi connectivity index (χ1n) is 8.89. The van der Waals surface area contributed by atoms with Crippen LogP contribution in [-0.4, -0.2) is 25.0 Å². The van der Waals surface area contributed by atoms with Crippen molar-refractivity contribution >= 4 is 52.3 Å². The second-order valence-electron chi connectivity index (χ2n) is 8.01. The number of halogens is 2. The minimum Gasteiger partial charge on any atom is -0.361 e. The second-order valence-corrected chi connectivity index (χ2v) is 14.9. The number of Topliss-reactive ketones (excluding diaryl/α,β-unsaturated/α-hetero) is 1. The number of ether oxygens (including phenoxy) is 1. The van der Waals surface area contributed by atoms with Crippen molar-refractivity contribution in [3.05, 3.63) is 32.9 Å². The topological polar surface area (TPSA) is 31.2 Å². The number of ketones is 1. The van der Waals surface area contributed by atoms with E-state index >= 15 is 0 Å². The molecule has 136 valence electrons. The van der Waals surface area contributed by atoms with Gasteiger partial charge in [0.1, 0.15) is 6.73 Å². The van der Waals surface area contributed by atoms with Gasteiger partial charge in [0, 0.05) is 47.2 Å². The van der Waals surface area contributed by atoms with E-state index in [0.717, 1.165) is 58.5 Å². The van der Waals surface area contributed by atoms with Gasteiger partial charge in [-0.05, 0) is 53.4 Å². The highest BCUT2D eigenvalue weighted by Crippen LogP contribution is 2.37. The number of fused-ring (bicyclic) bond motifs is 3. The maximum absolute atomic E-state index is 12.7. The molecule has 0 spiro atoms. The molecular formula is C19H25BrClNO2Si. The molecule has 0 amide bonds. The Morgan fingerprint density at radius 2 is 1.96 bits per heavy atom. The van der Waals surface area contributed by atoms with Crippen LogP contribution in [0.5, 0.6) is 0 Å². The minimum atomic E-state index is -1.11. The van der Waals surface area contributed by atoms with Crippen LogP contribution in [0, 0.1) is 0 Å². The van der Waals surface area contributed by atoms with Gasteiger partial charge in [0.2, 0.25) is 0 Å². The van der Waals surface area contributed by atoms with Gasteiger partial charge in [0.05, 0.1) is 5.52 Å². The molecule has 0 bridgehead atoms. The maximum Gasteiger partial charge on any atom is 0.165 e. The van der Waals surface area contributed by atoms with E-state index < -0.39 is 8.07 Å². The fraction of sp³-hybridized carbons (Fsp3) is 0.526. The van der Waals surface area contributed by atoms with Crippen molar-refractivity contribution in [2.45, 2.75) is 58.1 Å². The first-order chi connectivity index (χ1) is 11.8. The maximum atomic E-state index is 12.7. The molecule has 0 unspecified atom stereocenters. The van der Waals surface area contributed by atoms with E-state index in [4.69, 9.17) is 16.3 Å². The van der Waals surface area contributed by atoms with Crippen LogP contribution in [0.4, 0.5) is 0 Å². The summed E-state index contributed by atoms with van der Waals surface area (Å²) in [7, 11) is -1.11. The largest absolute Gasteiger partial charge is 0.361 e. The highest BCUT2D eigenvalue weighted by atomic mass is 79.9. The van der Waals surface area contributed by atoms with E-state index in [0.29, 0.717) is 18.2 Å². The van der Waals surface area contributed by atoms with E-state index in [1.54, 1.807) is 0 Å². The van der Waals surface area contributed by atoms with Gasteiger partial charge in [0.25, 0.3) is 0 Å². The highest BCUT2D eigenvalue weighted by molar-refractivity contribution is 9.10. The highest BCUT2D eigenvalue weighted by Gasteiger charge is 2.26. The summed E-state index contributed by atoms with van der Waals surface area (Å²) in [6.45, 7) is 8.31. The van der Waals surface area contributed by atoms with Gasteiger partial charge in [-0.1, -0.05) is 31.2 Å². The summed E-state index contributed by atoms with van der Waals surface area (Å²) in [5, 5.41) is 1.60. The van der Waals surface area contributed by atoms with Crippen molar-refractivity contribution in [2.75, 3.05) is 6.61 Å². The summed E-state index contributed by atoms with van der Waals surface area (Å²) < 4.78 is 9.12. The second kappa shape index (κ2) is 7.55. The molecule has 1 aromatic heterocycles. The Bertz CT molecular complexity index is 810. The van der Waals surface area contributed by atoms with Gasteiger partial charge >= 0.3 is 0 Å². The molecule has 3 nitrogen and oxygen atoms in total. The van der Waals surface area contributed by atoms with Crippen LogP contribution in [0.1, 0.15) is 35.3 Å². The molecule has 1 aromatic carbocycles. The van der Waals surface area contributed by atoms with Crippen LogP contribution >= 0.6 is 27.5 Å². The van der Waals surface area contributed by atoms with Crippen molar-refractivity contribution in [2.24, 2.45) is 0 Å². The van der Waals surface area contributed by atoms with Gasteiger partial charge in [-0.3, -0.25) is 4.79 Å². The molecule has 1 aliphatic carbocycles. The molecule has 0 saturated heterocycles. The number of carbonyl (C=O) groups is 1. The Balaban J connectivity index is 2.01. The number of hydrogen-bond donors (Lipinski definition) is 0. The number of benzene rings is 1. The van der Waals surface area contributed by atoms with Crippen molar-refractivity contribution in [3.63, 3.8) is 0 Å². The molecule has 0 N–H and O–H groups in total. The first-order valence-corrected chi connectivity index (χ1v) is 13.8. The Kier molecular flexibility index (Phi) is 5.78. The first kappa shape index (κ1) is 19.1. The van der Waals surface area contributed by atoms with Crippen molar-refractivity contribution in [1.29, 1.82) is 0 Å². The standard InChI is InChI=1S/C19H25BrClNO2Si/c1-25(2,3)9-8-24-12-22-16-6-4-5-7-17(23)18(16)14-10-13(21)11-15(20)19(14)22/h10-11H,4-9,12H2,1-3H3. The molecule has 0 radical (unpaired) electrons. The van der Waals surface area contributed by atoms with Crippen LogP contribution in [-0.2, 0) is 17.9 Å². The predicted octanol–water partition coefficient (Wildman–Crippen LogP) is 6.28. The Morgan fingerprint density at radius 1 is 1.24 bits per heavy atom. The number of hydrogen-bond acceptors (Lipinski definition) is 2. The van der Waals surface area contributed by atoms with Crippen LogP contribution in [0.3, 0.4) is 0 Å². The van der Waals surface area contributed by atoms with E-state index in [1.807, 2.05) is 12.1 Å². The quantitative estimate of drug-likeness (QED) is 0.310. The third-order valence-electron chi connectivity index (χ3n) is 4.74. The van der Waals surface area contributed by atoms with Gasteiger partial charge < -0.3 is 9.30 Å². The molecule has 0 aliphatic heterocycles. The number of nitrogens with zero attached hydrogens (tertiary/aromatic N) is 1. The summed E-state index contributed by atoms with van der Waals surface area (Å²) in [5.41, 5.74) is 2.98. The predicted molar refractivity (Wildman–Crippen MR) is 111 cm³/mol. The normalized spacial score (nSPS) is 15.5. The SMILES string of the molecule is C[Si](C)(C)CCOCn1c2c(c3cc(Cl)cc(Br)c31)C(=O)CCCC2. The third kappa shape index (κ3) is 4.21. The lowest BCUT2D eigenvalue weighted by Gasteiger charge is -2.17. The van der Waals surface area contributed by atoms with E-state index in [1.165, 1.54) is 0 Å². The van der Waals surface area contributed by atoms with Gasteiger partial charge in [-0.15, -0.1) is 0 Å². The third-order valence-corrected chi connectivity index (χ3v) is 7.27. The van der Waals surface area contributed by atoms with Gasteiger partial charge in [0.15, 0.2) is 5.78 Å². The van der Waals surface area contributed by atoms with E-state index in [2.05, 4.69) is 40.1 Å². The fourth-order valence-electron chi connectivity index (χ4n) is 3.41. The number of rotatable bonds is 5. The lowest BCUT2D eigenvalue weighted by Crippen LogP contribution is -2.22. The van der Waals surface area contributed by atoms with E-state index in [9.17, 15) is 4.79 Å². The average Bonchev–Trinajstić information content (AvgIpc) is 2.67. The molecule has 25 heavy (non-hydrogen) atoms. The Hall–Kier alpha value is -0.623. The molecule has 1 aliphatic rings. The summed E-state index contributed by atoms with van der Waals surface area (Å²) in [6, 6.07) is 4.95. The summed E-state index contributed by atoms with van der Waals surface area (Å²) >= 11 is 9.90. The van der Waals surface area contributed by atoms with Crippen LogP contribution in [0.15, 0.2) is 16.6 Å². The molecular weight excluding hydrogens is 418 g/mol. The lowest BCUT2D eigenvalue weighted by molar-refractivity contribution is 0.0880. The zero-order chi connectivity index (χ0) is 18.2. The van der Waals surface area contributed by atoms with Crippen LogP contribution in [0.2, 0.25) is 30.7 Å². The number of aromatic nitrogens is 1. The van der Waals surface area contributed by atoms with Gasteiger partial charge in [-0.25, -0.2) is 0 Å². The van der Waals surface area contributed by atoms with Crippen molar-refractivity contribution in [3.8, 4) is 0 Å². The number of carbonyl (C=O) groups excluding carboxylic acids is 1. The zero-order valence-electron chi connectivity index (χ0n) is 15.1. The minimum absolute atomic E-state index is 0.229. The molecule has 0 atom stereocenters. The van der Waals surface area contributed by atoms with Crippen LogP contribution < -0.4 is 0 Å². The molecule has 0 fully saturated rings. The van der Waals surface area contributed by atoms with Crippen molar-refractivity contribution in [1.82, 2.24) is 4.57 Å². The molecule has 1 heterocycles. The molecule has 0 saturated carbocycles.